The van der Waals surface area contributed by atoms with Gasteiger partial charge in [-0.05, 0) is 42.8 Å². The number of benzene rings is 2. The first-order valence-electron chi connectivity index (χ1n) is 8.86. The Balaban J connectivity index is 2.21. The molecule has 30 heavy (non-hydrogen) atoms. The molecule has 0 aliphatic heterocycles. The largest absolute Gasteiger partial charge is 0.497 e. The molecule has 0 aromatic heterocycles. The van der Waals surface area contributed by atoms with Gasteiger partial charge in [-0.1, -0.05) is 6.07 Å². The van der Waals surface area contributed by atoms with Gasteiger partial charge in [-0.3, -0.25) is 9.10 Å². The molecule has 0 spiro atoms. The molecule has 2 aromatic rings. The maximum absolute atomic E-state index is 12.4. The van der Waals surface area contributed by atoms with E-state index in [1.54, 1.807) is 36.4 Å². The summed E-state index contributed by atoms with van der Waals surface area (Å²) in [5.41, 5.74) is 4.01. The average Bonchev–Trinajstić information content (AvgIpc) is 2.71. The van der Waals surface area contributed by atoms with Gasteiger partial charge in [0.1, 0.15) is 23.8 Å². The van der Waals surface area contributed by atoms with E-state index in [4.69, 9.17) is 14.2 Å². The zero-order chi connectivity index (χ0) is 22.3. The molecule has 0 saturated heterocycles. The lowest BCUT2D eigenvalue weighted by Crippen LogP contribution is -2.39. The van der Waals surface area contributed by atoms with Crippen molar-refractivity contribution in [1.29, 1.82) is 0 Å². The van der Waals surface area contributed by atoms with E-state index in [-0.39, 0.29) is 5.69 Å². The molecular formula is C20H25N3O6S. The third kappa shape index (κ3) is 5.86. The van der Waals surface area contributed by atoms with E-state index < -0.39 is 22.5 Å². The van der Waals surface area contributed by atoms with Crippen LogP contribution in [0.25, 0.3) is 0 Å². The summed E-state index contributed by atoms with van der Waals surface area (Å²) < 4.78 is 41.3. The van der Waals surface area contributed by atoms with Crippen molar-refractivity contribution >= 4 is 27.8 Å². The number of nitrogens with one attached hydrogen (secondary N) is 1. The number of rotatable bonds is 9. The van der Waals surface area contributed by atoms with Crippen LogP contribution in [0.3, 0.4) is 0 Å². The van der Waals surface area contributed by atoms with Crippen molar-refractivity contribution in [3.05, 3.63) is 47.5 Å². The highest BCUT2D eigenvalue weighted by molar-refractivity contribution is 7.92. The van der Waals surface area contributed by atoms with Gasteiger partial charge in [0.2, 0.25) is 10.0 Å². The Hall–Kier alpha value is -3.27. The molecule has 1 N–H and O–H groups in total. The Morgan fingerprint density at radius 1 is 1.07 bits per heavy atom. The molecule has 2 aromatic carbocycles. The summed E-state index contributed by atoms with van der Waals surface area (Å²) in [6.07, 6.45) is 2.41. The van der Waals surface area contributed by atoms with Crippen LogP contribution in [0.2, 0.25) is 0 Å². The van der Waals surface area contributed by atoms with E-state index in [0.717, 1.165) is 16.1 Å². The molecule has 0 atom stereocenters. The fraction of sp³-hybridized carbons (Fsp3) is 0.300. The fourth-order valence-corrected chi connectivity index (χ4v) is 3.51. The summed E-state index contributed by atoms with van der Waals surface area (Å²) in [4.78, 5) is 12.4. The number of carbonyl (C=O) groups excluding carboxylic acids is 1. The molecule has 0 radical (unpaired) electrons. The van der Waals surface area contributed by atoms with Crippen LogP contribution in [0.1, 0.15) is 11.1 Å². The monoisotopic (exact) mass is 435 g/mol. The molecule has 10 heteroatoms. The maximum atomic E-state index is 12.4. The van der Waals surface area contributed by atoms with Crippen molar-refractivity contribution in [3.63, 3.8) is 0 Å². The number of amides is 1. The van der Waals surface area contributed by atoms with Crippen LogP contribution >= 0.6 is 0 Å². The zero-order valence-corrected chi connectivity index (χ0v) is 18.3. The predicted octanol–water partition coefficient (Wildman–Crippen LogP) is 1.94. The van der Waals surface area contributed by atoms with Gasteiger partial charge in [0.05, 0.1) is 39.5 Å². The lowest BCUT2D eigenvalue weighted by Gasteiger charge is -2.23. The Labute approximate surface area is 176 Å². The van der Waals surface area contributed by atoms with E-state index >= 15 is 0 Å². The highest BCUT2D eigenvalue weighted by Crippen LogP contribution is 2.30. The number of hydrazone groups is 1. The van der Waals surface area contributed by atoms with E-state index in [1.807, 2.05) is 6.92 Å². The van der Waals surface area contributed by atoms with Crippen molar-refractivity contribution in [2.24, 2.45) is 5.10 Å². The number of hydrogen-bond acceptors (Lipinski definition) is 7. The standard InChI is InChI=1S/C20H25N3O6S/c1-14-6-8-19(29-4)17(10-14)23(30(5,25)26)13-20(24)22-21-12-15-11-16(27-2)7-9-18(15)28-3/h6-12H,13H2,1-5H3,(H,22,24)/b21-12-. The van der Waals surface area contributed by atoms with Crippen LogP contribution in [0.5, 0.6) is 17.2 Å². The van der Waals surface area contributed by atoms with Gasteiger partial charge in [0.15, 0.2) is 0 Å². The van der Waals surface area contributed by atoms with E-state index in [2.05, 4.69) is 10.5 Å². The molecule has 2 rings (SSSR count). The number of methoxy groups -OCH3 is 3. The van der Waals surface area contributed by atoms with Crippen molar-refractivity contribution in [2.75, 3.05) is 38.4 Å². The van der Waals surface area contributed by atoms with Crippen molar-refractivity contribution in [3.8, 4) is 17.2 Å². The lowest BCUT2D eigenvalue weighted by atomic mass is 10.2. The predicted molar refractivity (Wildman–Crippen MR) is 115 cm³/mol. The van der Waals surface area contributed by atoms with Gasteiger partial charge in [0.25, 0.3) is 5.91 Å². The van der Waals surface area contributed by atoms with Gasteiger partial charge in [-0.2, -0.15) is 5.10 Å². The highest BCUT2D eigenvalue weighted by Gasteiger charge is 2.24. The molecular weight excluding hydrogens is 410 g/mol. The van der Waals surface area contributed by atoms with Crippen LogP contribution in [0.4, 0.5) is 5.69 Å². The van der Waals surface area contributed by atoms with Gasteiger partial charge < -0.3 is 14.2 Å². The van der Waals surface area contributed by atoms with Gasteiger partial charge in [-0.15, -0.1) is 0 Å². The molecule has 0 aliphatic carbocycles. The molecule has 1 amide bonds. The minimum absolute atomic E-state index is 0.272. The Kier molecular flexibility index (Phi) is 7.65. The third-order valence-electron chi connectivity index (χ3n) is 4.12. The first-order valence-corrected chi connectivity index (χ1v) is 10.7. The minimum atomic E-state index is -3.76. The second-order valence-corrected chi connectivity index (χ2v) is 8.25. The van der Waals surface area contributed by atoms with Crippen LogP contribution < -0.4 is 23.9 Å². The number of anilines is 1. The van der Waals surface area contributed by atoms with Crippen LogP contribution in [0, 0.1) is 6.92 Å². The summed E-state index contributed by atoms with van der Waals surface area (Å²) in [5, 5.41) is 3.90. The van der Waals surface area contributed by atoms with Crippen LogP contribution in [0.15, 0.2) is 41.5 Å². The van der Waals surface area contributed by atoms with E-state index in [9.17, 15) is 13.2 Å². The Morgan fingerprint density at radius 3 is 2.33 bits per heavy atom. The number of ether oxygens (including phenoxy) is 3. The second kappa shape index (κ2) is 9.97. The third-order valence-corrected chi connectivity index (χ3v) is 5.25. The summed E-state index contributed by atoms with van der Waals surface area (Å²) in [7, 11) is 0.718. The summed E-state index contributed by atoms with van der Waals surface area (Å²) in [6.45, 7) is 1.35. The molecule has 0 heterocycles. The quantitative estimate of drug-likeness (QED) is 0.477. The molecule has 0 fully saturated rings. The molecule has 0 saturated carbocycles. The summed E-state index contributed by atoms with van der Waals surface area (Å²) in [5.74, 6) is 0.847. The molecule has 0 aliphatic rings. The first kappa shape index (κ1) is 23.0. The van der Waals surface area contributed by atoms with Gasteiger partial charge in [0, 0.05) is 5.56 Å². The first-order chi connectivity index (χ1) is 14.2. The second-order valence-electron chi connectivity index (χ2n) is 6.35. The van der Waals surface area contributed by atoms with E-state index in [0.29, 0.717) is 22.8 Å². The number of aryl methyl sites for hydroxylation is 1. The highest BCUT2D eigenvalue weighted by atomic mass is 32.2. The summed E-state index contributed by atoms with van der Waals surface area (Å²) >= 11 is 0. The van der Waals surface area contributed by atoms with Crippen molar-refractivity contribution < 1.29 is 27.4 Å². The van der Waals surface area contributed by atoms with Gasteiger partial charge in [-0.25, -0.2) is 13.8 Å². The number of hydrogen-bond donors (Lipinski definition) is 1. The average molecular weight is 436 g/mol. The maximum Gasteiger partial charge on any atom is 0.260 e. The van der Waals surface area contributed by atoms with Crippen LogP contribution in [-0.2, 0) is 14.8 Å². The normalized spacial score (nSPS) is 11.2. The molecule has 0 bridgehead atoms. The summed E-state index contributed by atoms with van der Waals surface area (Å²) in [6, 6.07) is 10.2. The fourth-order valence-electron chi connectivity index (χ4n) is 2.66. The molecule has 162 valence electrons. The van der Waals surface area contributed by atoms with Crippen LogP contribution in [-0.4, -0.2) is 54.7 Å². The number of carbonyl (C=O) groups is 1. The minimum Gasteiger partial charge on any atom is -0.497 e. The van der Waals surface area contributed by atoms with Crippen molar-refractivity contribution in [2.45, 2.75) is 6.92 Å². The lowest BCUT2D eigenvalue weighted by molar-refractivity contribution is -0.119. The zero-order valence-electron chi connectivity index (χ0n) is 17.5. The Bertz CT molecular complexity index is 1040. The van der Waals surface area contributed by atoms with Crippen molar-refractivity contribution in [1.82, 2.24) is 5.43 Å². The number of nitrogens with zero attached hydrogens (tertiary/aromatic N) is 2. The Morgan fingerprint density at radius 2 is 1.73 bits per heavy atom. The molecule has 9 nitrogen and oxygen atoms in total. The SMILES string of the molecule is COc1ccc(OC)c(/C=N\NC(=O)CN(c2cc(C)ccc2OC)S(C)(=O)=O)c1. The van der Waals surface area contributed by atoms with Gasteiger partial charge >= 0.3 is 0 Å². The van der Waals surface area contributed by atoms with E-state index in [1.165, 1.54) is 27.5 Å². The topological polar surface area (TPSA) is 107 Å². The molecule has 0 unspecified atom stereocenters. The smallest absolute Gasteiger partial charge is 0.260 e. The number of sulfonamides is 1.